The Morgan fingerprint density at radius 1 is 0.889 bits per heavy atom. The van der Waals surface area contributed by atoms with Crippen LogP contribution in [-0.2, 0) is 9.53 Å². The van der Waals surface area contributed by atoms with Gasteiger partial charge in [0.1, 0.15) is 0 Å². The Balaban J connectivity index is 4.55. The molecule has 0 aliphatic rings. The molecule has 0 atom stereocenters. The van der Waals surface area contributed by atoms with Gasteiger partial charge in [-0.05, 0) is 0 Å². The monoisotopic (exact) mass is 364 g/mol. The van der Waals surface area contributed by atoms with E-state index in [1.165, 1.54) is 51.8 Å². The Kier molecular flexibility index (Phi) is 11.3. The molecular weight excluding hydrogens is 331 g/mol. The molecule has 0 aromatic carbocycles. The van der Waals surface area contributed by atoms with Crippen molar-refractivity contribution >= 4 is 24.3 Å². The van der Waals surface area contributed by atoms with Gasteiger partial charge in [0.25, 0.3) is 0 Å². The molecule has 0 aliphatic carbocycles. The van der Waals surface area contributed by atoms with E-state index < -0.39 is 18.4 Å². The molecule has 108 valence electrons. The summed E-state index contributed by atoms with van der Waals surface area (Å²) in [5.41, 5.74) is 0. The fraction of sp³-hybridized carbons (Fsp3) is 0.933. The van der Waals surface area contributed by atoms with Crippen LogP contribution in [0.5, 0.6) is 0 Å². The van der Waals surface area contributed by atoms with Crippen LogP contribution in [0.3, 0.4) is 0 Å². The summed E-state index contributed by atoms with van der Waals surface area (Å²) in [6, 6.07) is 0. The minimum absolute atomic E-state index is 0.0828. The molecular formula is C15H32O2Sn. The van der Waals surface area contributed by atoms with Crippen molar-refractivity contribution in [2.24, 2.45) is 0 Å². The van der Waals surface area contributed by atoms with Gasteiger partial charge >= 0.3 is 118 Å². The molecule has 2 nitrogen and oxygen atoms in total. The van der Waals surface area contributed by atoms with Gasteiger partial charge in [-0.3, -0.25) is 0 Å². The summed E-state index contributed by atoms with van der Waals surface area (Å²) >= 11 is -2.19. The van der Waals surface area contributed by atoms with Crippen LogP contribution in [0.1, 0.15) is 66.2 Å². The van der Waals surface area contributed by atoms with Gasteiger partial charge in [0.05, 0.1) is 0 Å². The van der Waals surface area contributed by atoms with Crippen LogP contribution in [0.15, 0.2) is 0 Å². The predicted molar refractivity (Wildman–Crippen MR) is 81.5 cm³/mol. The van der Waals surface area contributed by atoms with E-state index in [0.717, 1.165) is 4.62 Å². The molecule has 0 aliphatic heterocycles. The molecule has 0 amide bonds. The van der Waals surface area contributed by atoms with E-state index in [0.29, 0.717) is 0 Å². The zero-order chi connectivity index (χ0) is 13.9. The number of carbonyl (C=O) groups excluding carboxylic acids is 1. The molecule has 0 rings (SSSR count). The topological polar surface area (TPSA) is 26.3 Å². The predicted octanol–water partition coefficient (Wildman–Crippen LogP) is 4.94. The van der Waals surface area contributed by atoms with Crippen molar-refractivity contribution in [3.63, 3.8) is 0 Å². The van der Waals surface area contributed by atoms with E-state index in [1.807, 2.05) is 0 Å². The van der Waals surface area contributed by atoms with Crippen LogP contribution >= 0.6 is 0 Å². The Hall–Kier alpha value is 0.269. The molecule has 0 heterocycles. The van der Waals surface area contributed by atoms with Crippen molar-refractivity contribution in [2.45, 2.75) is 79.5 Å². The molecule has 0 saturated heterocycles. The average Bonchev–Trinajstić information content (AvgIpc) is 2.37. The van der Waals surface area contributed by atoms with Crippen LogP contribution in [0.4, 0.5) is 0 Å². The van der Waals surface area contributed by atoms with Crippen molar-refractivity contribution in [2.75, 3.05) is 4.62 Å². The summed E-state index contributed by atoms with van der Waals surface area (Å²) in [5.74, 6) is -0.0828. The quantitative estimate of drug-likeness (QED) is 0.384. The summed E-state index contributed by atoms with van der Waals surface area (Å²) in [4.78, 5) is 11.1. The molecule has 3 heteroatoms. The number of carbonyl (C=O) groups is 1. The first-order valence-corrected chi connectivity index (χ1v) is 15.8. The normalized spacial score (nSPS) is 11.6. The van der Waals surface area contributed by atoms with E-state index in [2.05, 4.69) is 20.8 Å². The van der Waals surface area contributed by atoms with Crippen LogP contribution in [-0.4, -0.2) is 29.0 Å². The first-order valence-electron chi connectivity index (χ1n) is 7.73. The molecule has 18 heavy (non-hydrogen) atoms. The molecule has 0 spiro atoms. The Morgan fingerprint density at radius 3 is 1.56 bits per heavy atom. The fourth-order valence-corrected chi connectivity index (χ4v) is 16.8. The first-order chi connectivity index (χ1) is 8.60. The van der Waals surface area contributed by atoms with Crippen LogP contribution in [0.2, 0.25) is 13.3 Å². The van der Waals surface area contributed by atoms with Gasteiger partial charge in [0.15, 0.2) is 0 Å². The summed E-state index contributed by atoms with van der Waals surface area (Å²) in [5, 5.41) is 0. The van der Waals surface area contributed by atoms with Gasteiger partial charge in [-0.25, -0.2) is 0 Å². The van der Waals surface area contributed by atoms with Crippen molar-refractivity contribution < 1.29 is 9.53 Å². The number of esters is 1. The van der Waals surface area contributed by atoms with E-state index in [-0.39, 0.29) is 5.97 Å². The SMILES string of the molecule is CCC[CH2][Sn]([CH2]CCC)([CH2]CCC)[CH2]OC(C)=O. The number of hydrogen-bond acceptors (Lipinski definition) is 2. The second kappa shape index (κ2) is 11.1. The fourth-order valence-electron chi connectivity index (χ4n) is 2.50. The molecule has 0 fully saturated rings. The molecule has 0 saturated carbocycles. The van der Waals surface area contributed by atoms with Gasteiger partial charge in [0, 0.05) is 0 Å². The maximum absolute atomic E-state index is 11.1. The zero-order valence-electron chi connectivity index (χ0n) is 12.9. The van der Waals surface area contributed by atoms with Crippen LogP contribution < -0.4 is 0 Å². The first kappa shape index (κ1) is 18.3. The number of rotatable bonds is 11. The van der Waals surface area contributed by atoms with Gasteiger partial charge < -0.3 is 0 Å². The molecule has 0 aromatic rings. The number of ether oxygens (including phenoxy) is 1. The van der Waals surface area contributed by atoms with Gasteiger partial charge in [-0.2, -0.15) is 0 Å². The third kappa shape index (κ3) is 8.38. The van der Waals surface area contributed by atoms with Gasteiger partial charge in [0.2, 0.25) is 0 Å². The van der Waals surface area contributed by atoms with E-state index in [4.69, 9.17) is 4.74 Å². The zero-order valence-corrected chi connectivity index (χ0v) is 15.7. The van der Waals surface area contributed by atoms with E-state index >= 15 is 0 Å². The molecule has 0 bridgehead atoms. The van der Waals surface area contributed by atoms with Crippen LogP contribution in [0.25, 0.3) is 0 Å². The Morgan fingerprint density at radius 2 is 1.28 bits per heavy atom. The second-order valence-electron chi connectivity index (χ2n) is 5.59. The van der Waals surface area contributed by atoms with Crippen molar-refractivity contribution in [1.29, 1.82) is 0 Å². The molecule has 0 N–H and O–H groups in total. The van der Waals surface area contributed by atoms with Crippen LogP contribution in [0, 0.1) is 0 Å². The van der Waals surface area contributed by atoms with Gasteiger partial charge in [-0.15, -0.1) is 0 Å². The summed E-state index contributed by atoms with van der Waals surface area (Å²) < 4.78 is 10.5. The standard InChI is InChI=1S/3C4H9.C3H5O2.Sn/c3*1-3-4-2;1-3(4)5-2;/h3*1,3-4H2,2H3;2H2,1H3;. The molecule has 0 aromatic heterocycles. The summed E-state index contributed by atoms with van der Waals surface area (Å²) in [6.45, 7) is 8.35. The maximum atomic E-state index is 11.1. The third-order valence-corrected chi connectivity index (χ3v) is 18.0. The van der Waals surface area contributed by atoms with Crippen molar-refractivity contribution in [3.8, 4) is 0 Å². The molecule has 0 unspecified atom stereocenters. The second-order valence-corrected chi connectivity index (χ2v) is 19.3. The summed E-state index contributed by atoms with van der Waals surface area (Å²) in [6.07, 6.45) is 7.84. The molecule has 0 radical (unpaired) electrons. The van der Waals surface area contributed by atoms with E-state index in [9.17, 15) is 4.79 Å². The Bertz CT molecular complexity index is 195. The van der Waals surface area contributed by atoms with E-state index in [1.54, 1.807) is 6.92 Å². The van der Waals surface area contributed by atoms with Gasteiger partial charge in [-0.1, -0.05) is 0 Å². The van der Waals surface area contributed by atoms with Crippen molar-refractivity contribution in [3.05, 3.63) is 0 Å². The van der Waals surface area contributed by atoms with Crippen molar-refractivity contribution in [1.82, 2.24) is 0 Å². The Labute approximate surface area is 118 Å². The summed E-state index contributed by atoms with van der Waals surface area (Å²) in [7, 11) is 0. The third-order valence-electron chi connectivity index (χ3n) is 3.76. The number of unbranched alkanes of at least 4 members (excludes halogenated alkanes) is 3. The average molecular weight is 363 g/mol. The number of hydrogen-bond donors (Lipinski definition) is 0. The minimum atomic E-state index is -2.19.